The van der Waals surface area contributed by atoms with Crippen LogP contribution in [0, 0.1) is 6.92 Å². The van der Waals surface area contributed by atoms with Gasteiger partial charge in [-0.25, -0.2) is 0 Å². The van der Waals surface area contributed by atoms with Gasteiger partial charge >= 0.3 is 0 Å². The summed E-state index contributed by atoms with van der Waals surface area (Å²) in [4.78, 5) is 24.7. The molecule has 26 heavy (non-hydrogen) atoms. The molecular weight excluding hydrogens is 354 g/mol. The van der Waals surface area contributed by atoms with Gasteiger partial charge in [0.2, 0.25) is 0 Å². The summed E-state index contributed by atoms with van der Waals surface area (Å²) < 4.78 is 5.62. The maximum absolute atomic E-state index is 12.3. The SMILES string of the molecule is Cc1cc(C(=O)NC2CCCC2)ccc1NC(=O)[C@@H]1CC[C@H](CN)O1.Cl. The van der Waals surface area contributed by atoms with Crippen molar-refractivity contribution in [3.05, 3.63) is 29.3 Å². The Morgan fingerprint density at radius 2 is 1.92 bits per heavy atom. The van der Waals surface area contributed by atoms with E-state index >= 15 is 0 Å². The molecule has 0 bridgehead atoms. The second-order valence-corrected chi connectivity index (χ2v) is 7.03. The molecule has 2 fully saturated rings. The van der Waals surface area contributed by atoms with Gasteiger partial charge in [-0.05, 0) is 56.4 Å². The topological polar surface area (TPSA) is 93.5 Å². The molecule has 2 amide bonds. The first-order valence-corrected chi connectivity index (χ1v) is 9.14. The number of carbonyl (C=O) groups excluding carboxylic acids is 2. The summed E-state index contributed by atoms with van der Waals surface area (Å²) in [6.45, 7) is 2.33. The summed E-state index contributed by atoms with van der Waals surface area (Å²) in [6, 6.07) is 5.65. The van der Waals surface area contributed by atoms with Crippen molar-refractivity contribution in [2.45, 2.75) is 63.7 Å². The van der Waals surface area contributed by atoms with Gasteiger partial charge in [0.25, 0.3) is 11.8 Å². The van der Waals surface area contributed by atoms with Gasteiger partial charge in [0.15, 0.2) is 0 Å². The summed E-state index contributed by atoms with van der Waals surface area (Å²) in [7, 11) is 0. The number of carbonyl (C=O) groups is 2. The lowest BCUT2D eigenvalue weighted by atomic mass is 10.1. The van der Waals surface area contributed by atoms with E-state index in [2.05, 4.69) is 10.6 Å². The normalized spacial score (nSPS) is 22.7. The number of aryl methyl sites for hydroxylation is 1. The van der Waals surface area contributed by atoms with Crippen LogP contribution in [0.1, 0.15) is 54.4 Å². The van der Waals surface area contributed by atoms with Crippen LogP contribution in [0.3, 0.4) is 0 Å². The van der Waals surface area contributed by atoms with Gasteiger partial charge < -0.3 is 21.1 Å². The zero-order valence-corrected chi connectivity index (χ0v) is 15.9. The molecule has 1 saturated heterocycles. The van der Waals surface area contributed by atoms with Crippen LogP contribution >= 0.6 is 12.4 Å². The Morgan fingerprint density at radius 3 is 2.54 bits per heavy atom. The number of halogens is 1. The van der Waals surface area contributed by atoms with Crippen molar-refractivity contribution in [2.24, 2.45) is 5.73 Å². The van der Waals surface area contributed by atoms with Crippen LogP contribution in [-0.2, 0) is 9.53 Å². The van der Waals surface area contributed by atoms with Crippen molar-refractivity contribution >= 4 is 29.9 Å². The highest BCUT2D eigenvalue weighted by atomic mass is 35.5. The quantitative estimate of drug-likeness (QED) is 0.730. The second kappa shape index (κ2) is 9.35. The molecule has 1 heterocycles. The van der Waals surface area contributed by atoms with E-state index in [1.54, 1.807) is 12.1 Å². The molecule has 0 unspecified atom stereocenters. The number of hydrogen-bond acceptors (Lipinski definition) is 4. The Labute approximate surface area is 160 Å². The predicted octanol–water partition coefficient (Wildman–Crippen LogP) is 2.53. The molecule has 0 radical (unpaired) electrons. The first-order chi connectivity index (χ1) is 12.1. The third-order valence-corrected chi connectivity index (χ3v) is 5.10. The number of amides is 2. The van der Waals surface area contributed by atoms with Crippen molar-refractivity contribution < 1.29 is 14.3 Å². The Kier molecular flexibility index (Phi) is 7.43. The van der Waals surface area contributed by atoms with E-state index in [1.807, 2.05) is 13.0 Å². The molecule has 2 atom stereocenters. The Hall–Kier alpha value is -1.63. The van der Waals surface area contributed by atoms with Gasteiger partial charge in [-0.2, -0.15) is 0 Å². The van der Waals surface area contributed by atoms with E-state index in [1.165, 1.54) is 12.8 Å². The molecular formula is C19H28ClN3O3. The van der Waals surface area contributed by atoms with Gasteiger partial charge in [0, 0.05) is 23.8 Å². The van der Waals surface area contributed by atoms with Crippen LogP contribution in [0.15, 0.2) is 18.2 Å². The highest BCUT2D eigenvalue weighted by Crippen LogP contribution is 2.23. The lowest BCUT2D eigenvalue weighted by Gasteiger charge is -2.15. The van der Waals surface area contributed by atoms with E-state index < -0.39 is 6.10 Å². The minimum Gasteiger partial charge on any atom is -0.364 e. The minimum atomic E-state index is -0.446. The maximum Gasteiger partial charge on any atom is 0.253 e. The third kappa shape index (κ3) is 4.96. The number of benzene rings is 1. The molecule has 6 nitrogen and oxygen atoms in total. The van der Waals surface area contributed by atoms with Crippen LogP contribution < -0.4 is 16.4 Å². The van der Waals surface area contributed by atoms with Crippen LogP contribution in [0.25, 0.3) is 0 Å². The minimum absolute atomic E-state index is 0. The zero-order chi connectivity index (χ0) is 17.8. The average molecular weight is 382 g/mol. The summed E-state index contributed by atoms with van der Waals surface area (Å²) >= 11 is 0. The van der Waals surface area contributed by atoms with Crippen LogP contribution in [-0.4, -0.2) is 36.6 Å². The van der Waals surface area contributed by atoms with Crippen molar-refractivity contribution in [3.63, 3.8) is 0 Å². The van der Waals surface area contributed by atoms with Crippen LogP contribution in [0.5, 0.6) is 0 Å². The first-order valence-electron chi connectivity index (χ1n) is 9.14. The van der Waals surface area contributed by atoms with Crippen molar-refractivity contribution in [1.82, 2.24) is 5.32 Å². The van der Waals surface area contributed by atoms with Gasteiger partial charge in [-0.1, -0.05) is 12.8 Å². The molecule has 4 N–H and O–H groups in total. The van der Waals surface area contributed by atoms with E-state index in [0.29, 0.717) is 30.3 Å². The molecule has 1 saturated carbocycles. The number of ether oxygens (including phenoxy) is 1. The van der Waals surface area contributed by atoms with Gasteiger partial charge in [-0.3, -0.25) is 9.59 Å². The summed E-state index contributed by atoms with van der Waals surface area (Å²) in [5.41, 5.74) is 7.78. The standard InChI is InChI=1S/C19H27N3O3.ClH/c1-12-10-13(18(23)21-14-4-2-3-5-14)6-8-16(12)22-19(24)17-9-7-15(11-20)25-17;/h6,8,10,14-15,17H,2-5,7,9,11,20H2,1H3,(H,21,23)(H,22,24);1H/t15-,17+;/m1./s1. The monoisotopic (exact) mass is 381 g/mol. The number of nitrogens with one attached hydrogen (secondary N) is 2. The van der Waals surface area contributed by atoms with Crippen molar-refractivity contribution in [3.8, 4) is 0 Å². The predicted molar refractivity (Wildman–Crippen MR) is 104 cm³/mol. The summed E-state index contributed by atoms with van der Waals surface area (Å²) in [6.07, 6.45) is 5.51. The number of nitrogens with two attached hydrogens (primary N) is 1. The molecule has 1 aliphatic heterocycles. The van der Waals surface area contributed by atoms with Crippen LogP contribution in [0.2, 0.25) is 0 Å². The van der Waals surface area contributed by atoms with Gasteiger partial charge in [0.1, 0.15) is 6.10 Å². The van der Waals surface area contributed by atoms with E-state index in [4.69, 9.17) is 10.5 Å². The molecule has 3 rings (SSSR count). The molecule has 1 aliphatic carbocycles. The lowest BCUT2D eigenvalue weighted by molar-refractivity contribution is -0.126. The molecule has 2 aliphatic rings. The van der Waals surface area contributed by atoms with Gasteiger partial charge in [0.05, 0.1) is 6.10 Å². The third-order valence-electron chi connectivity index (χ3n) is 5.10. The molecule has 1 aromatic carbocycles. The second-order valence-electron chi connectivity index (χ2n) is 7.03. The largest absolute Gasteiger partial charge is 0.364 e. The van der Waals surface area contributed by atoms with E-state index in [-0.39, 0.29) is 30.3 Å². The summed E-state index contributed by atoms with van der Waals surface area (Å²) in [5.74, 6) is -0.194. The fourth-order valence-corrected chi connectivity index (χ4v) is 3.57. The molecule has 7 heteroatoms. The smallest absolute Gasteiger partial charge is 0.253 e. The average Bonchev–Trinajstić information content (AvgIpc) is 3.27. The molecule has 0 aromatic heterocycles. The lowest BCUT2D eigenvalue weighted by Crippen LogP contribution is -2.32. The van der Waals surface area contributed by atoms with Gasteiger partial charge in [-0.15, -0.1) is 12.4 Å². The fourth-order valence-electron chi connectivity index (χ4n) is 3.57. The zero-order valence-electron chi connectivity index (χ0n) is 15.1. The first kappa shape index (κ1) is 20.7. The summed E-state index contributed by atoms with van der Waals surface area (Å²) in [5, 5.41) is 5.98. The Bertz CT molecular complexity index is 647. The van der Waals surface area contributed by atoms with Crippen molar-refractivity contribution in [2.75, 3.05) is 11.9 Å². The van der Waals surface area contributed by atoms with Crippen molar-refractivity contribution in [1.29, 1.82) is 0 Å². The highest BCUT2D eigenvalue weighted by molar-refractivity contribution is 5.97. The molecule has 0 spiro atoms. The molecule has 144 valence electrons. The van der Waals surface area contributed by atoms with Crippen LogP contribution in [0.4, 0.5) is 5.69 Å². The maximum atomic E-state index is 12.3. The number of anilines is 1. The van der Waals surface area contributed by atoms with E-state index in [0.717, 1.165) is 24.8 Å². The molecule has 1 aromatic rings. The number of hydrogen-bond donors (Lipinski definition) is 3. The fraction of sp³-hybridized carbons (Fsp3) is 0.579. The number of rotatable bonds is 5. The Balaban J connectivity index is 0.00000243. The van der Waals surface area contributed by atoms with E-state index in [9.17, 15) is 9.59 Å². The Morgan fingerprint density at radius 1 is 1.19 bits per heavy atom. The highest BCUT2D eigenvalue weighted by Gasteiger charge is 2.30.